The molecule has 1 N–H and O–H groups in total. The first kappa shape index (κ1) is 14.4. The van der Waals surface area contributed by atoms with Gasteiger partial charge in [-0.3, -0.25) is 0 Å². The van der Waals surface area contributed by atoms with Crippen molar-refractivity contribution < 1.29 is 0 Å². The second-order valence-corrected chi connectivity index (χ2v) is 8.35. The van der Waals surface area contributed by atoms with Gasteiger partial charge < -0.3 is 0 Å². The third-order valence-electron chi connectivity index (χ3n) is 2.73. The molecule has 0 aliphatic carbocycles. The van der Waals surface area contributed by atoms with Crippen LogP contribution in [-0.2, 0) is 0 Å². The number of nitrogens with zero attached hydrogens (tertiary/aromatic N) is 3. The van der Waals surface area contributed by atoms with Gasteiger partial charge in [-0.2, -0.15) is 0 Å². The van der Waals surface area contributed by atoms with Crippen molar-refractivity contribution in [2.75, 3.05) is 47.4 Å². The second-order valence-electron chi connectivity index (χ2n) is 4.59. The summed E-state index contributed by atoms with van der Waals surface area (Å²) in [5, 5.41) is 3.68. The third-order valence-corrected chi connectivity index (χ3v) is 6.63. The maximum absolute atomic E-state index is 3.68. The minimum absolute atomic E-state index is 1.15. The smallest absolute Gasteiger partial charge is 0.214 e. The van der Waals surface area contributed by atoms with Gasteiger partial charge in [0.25, 0.3) is 0 Å². The fourth-order valence-electron chi connectivity index (χ4n) is 2.06. The number of benzene rings is 1. The summed E-state index contributed by atoms with van der Waals surface area (Å²) in [5.74, 6) is 0. The fraction of sp³-hybridized carbons (Fsp3) is 0.500. The molecular formula is C12H24N4P+. The highest BCUT2D eigenvalue weighted by Crippen LogP contribution is 2.62. The molecule has 0 aromatic heterocycles. The van der Waals surface area contributed by atoms with E-state index in [9.17, 15) is 0 Å². The van der Waals surface area contributed by atoms with E-state index in [4.69, 9.17) is 0 Å². The lowest BCUT2D eigenvalue weighted by Gasteiger charge is -2.39. The Balaban J connectivity index is 3.07. The highest BCUT2D eigenvalue weighted by atomic mass is 31.2. The molecule has 1 rings (SSSR count). The quantitative estimate of drug-likeness (QED) is 0.816. The van der Waals surface area contributed by atoms with E-state index in [1.807, 2.05) is 6.07 Å². The highest BCUT2D eigenvalue weighted by Gasteiger charge is 2.48. The van der Waals surface area contributed by atoms with Crippen LogP contribution in [0.2, 0.25) is 0 Å². The van der Waals surface area contributed by atoms with E-state index in [1.165, 1.54) is 0 Å². The second kappa shape index (κ2) is 5.78. The van der Waals surface area contributed by atoms with Gasteiger partial charge in [-0.25, -0.2) is 5.09 Å². The lowest BCUT2D eigenvalue weighted by molar-refractivity contribution is 0.466. The van der Waals surface area contributed by atoms with Crippen LogP contribution in [-0.4, -0.2) is 56.3 Å². The summed E-state index contributed by atoms with van der Waals surface area (Å²) in [4.78, 5) is 0. The van der Waals surface area contributed by atoms with Crippen LogP contribution in [0.4, 0.5) is 5.69 Å². The third kappa shape index (κ3) is 2.96. The van der Waals surface area contributed by atoms with Crippen LogP contribution in [0, 0.1) is 0 Å². The van der Waals surface area contributed by atoms with Gasteiger partial charge in [-0.1, -0.05) is 18.2 Å². The van der Waals surface area contributed by atoms with E-state index >= 15 is 0 Å². The molecule has 0 fully saturated rings. The first-order chi connectivity index (χ1) is 7.91. The van der Waals surface area contributed by atoms with Crippen molar-refractivity contribution in [1.29, 1.82) is 0 Å². The largest absolute Gasteiger partial charge is 0.328 e. The molecule has 0 amide bonds. The number of nitrogens with one attached hydrogen (secondary N) is 1. The van der Waals surface area contributed by atoms with Gasteiger partial charge in [0.05, 0.1) is 5.69 Å². The Kier molecular flexibility index (Phi) is 4.90. The maximum atomic E-state index is 3.68. The molecule has 0 atom stereocenters. The van der Waals surface area contributed by atoms with E-state index in [-0.39, 0.29) is 0 Å². The molecule has 17 heavy (non-hydrogen) atoms. The van der Waals surface area contributed by atoms with Crippen LogP contribution in [0.25, 0.3) is 0 Å². The van der Waals surface area contributed by atoms with E-state index < -0.39 is 7.87 Å². The zero-order chi connectivity index (χ0) is 13.1. The molecule has 0 aliphatic heterocycles. The predicted molar refractivity (Wildman–Crippen MR) is 78.0 cm³/mol. The van der Waals surface area contributed by atoms with Crippen molar-refractivity contribution in [2.24, 2.45) is 0 Å². The molecule has 4 nitrogen and oxygen atoms in total. The average molecular weight is 255 g/mol. The molecule has 0 heterocycles. The Morgan fingerprint density at radius 1 is 0.765 bits per heavy atom. The lowest BCUT2D eigenvalue weighted by atomic mass is 10.3. The van der Waals surface area contributed by atoms with Gasteiger partial charge in [0.1, 0.15) is 0 Å². The summed E-state index contributed by atoms with van der Waals surface area (Å²) < 4.78 is 6.79. The normalized spacial score (nSPS) is 12.5. The number of hydrogen-bond acceptors (Lipinski definition) is 4. The van der Waals surface area contributed by atoms with E-state index in [0.717, 1.165) is 5.69 Å². The van der Waals surface area contributed by atoms with Crippen LogP contribution in [0.3, 0.4) is 0 Å². The molecule has 96 valence electrons. The van der Waals surface area contributed by atoms with Gasteiger partial charge in [-0.05, 0) is 12.1 Å². The summed E-state index contributed by atoms with van der Waals surface area (Å²) >= 11 is 0. The van der Waals surface area contributed by atoms with Crippen LogP contribution in [0.15, 0.2) is 30.3 Å². The number of hydrogen-bond donors (Lipinski definition) is 1. The van der Waals surface area contributed by atoms with Gasteiger partial charge >= 0.3 is 7.87 Å². The maximum Gasteiger partial charge on any atom is 0.328 e. The Hall–Kier alpha value is -0.670. The van der Waals surface area contributed by atoms with Crippen molar-refractivity contribution in [3.8, 4) is 0 Å². The monoisotopic (exact) mass is 255 g/mol. The van der Waals surface area contributed by atoms with Gasteiger partial charge in [0, 0.05) is 42.3 Å². The first-order valence-electron chi connectivity index (χ1n) is 5.67. The number of rotatable bonds is 5. The molecule has 0 bridgehead atoms. The van der Waals surface area contributed by atoms with Crippen molar-refractivity contribution in [1.82, 2.24) is 14.0 Å². The summed E-state index contributed by atoms with van der Waals surface area (Å²) in [6.07, 6.45) is 0. The summed E-state index contributed by atoms with van der Waals surface area (Å²) in [6, 6.07) is 10.3. The topological polar surface area (TPSA) is 21.8 Å². The first-order valence-corrected chi connectivity index (χ1v) is 7.31. The van der Waals surface area contributed by atoms with Crippen molar-refractivity contribution in [3.05, 3.63) is 30.3 Å². The fourth-order valence-corrected chi connectivity index (χ4v) is 5.30. The molecule has 0 unspecified atom stereocenters. The summed E-state index contributed by atoms with van der Waals surface area (Å²) in [6.45, 7) is 0. The Bertz CT molecular complexity index is 316. The van der Waals surface area contributed by atoms with E-state index in [1.54, 1.807) is 0 Å². The minimum atomic E-state index is -1.68. The molecule has 0 aliphatic rings. The van der Waals surface area contributed by atoms with Gasteiger partial charge in [0.15, 0.2) is 0 Å². The van der Waals surface area contributed by atoms with Crippen molar-refractivity contribution in [3.63, 3.8) is 0 Å². The van der Waals surface area contributed by atoms with E-state index in [2.05, 4.69) is 85.7 Å². The van der Waals surface area contributed by atoms with Crippen LogP contribution in [0.5, 0.6) is 0 Å². The van der Waals surface area contributed by atoms with Gasteiger partial charge in [0.2, 0.25) is 0 Å². The SMILES string of the molecule is CN(C)[P+](Nc1ccccc1)(N(C)C)N(C)C. The average Bonchev–Trinajstić information content (AvgIpc) is 2.25. The summed E-state index contributed by atoms with van der Waals surface area (Å²) in [7, 11) is 11.0. The summed E-state index contributed by atoms with van der Waals surface area (Å²) in [5.41, 5.74) is 1.15. The molecule has 1 aromatic carbocycles. The van der Waals surface area contributed by atoms with Crippen LogP contribution in [0.1, 0.15) is 0 Å². The van der Waals surface area contributed by atoms with Crippen molar-refractivity contribution >= 4 is 13.6 Å². The van der Waals surface area contributed by atoms with Gasteiger partial charge in [-0.15, -0.1) is 14.0 Å². The lowest BCUT2D eigenvalue weighted by Crippen LogP contribution is -2.40. The Morgan fingerprint density at radius 3 is 1.53 bits per heavy atom. The van der Waals surface area contributed by atoms with Crippen LogP contribution >= 0.6 is 7.87 Å². The molecule has 1 aromatic rings. The minimum Gasteiger partial charge on any atom is -0.214 e. The zero-order valence-electron chi connectivity index (χ0n) is 11.7. The zero-order valence-corrected chi connectivity index (χ0v) is 12.6. The molecular weight excluding hydrogens is 231 g/mol. The molecule has 5 heteroatoms. The Morgan fingerprint density at radius 2 is 1.18 bits per heavy atom. The Labute approximate surface area is 106 Å². The highest BCUT2D eigenvalue weighted by molar-refractivity contribution is 7.70. The van der Waals surface area contributed by atoms with Crippen molar-refractivity contribution in [2.45, 2.75) is 0 Å². The predicted octanol–water partition coefficient (Wildman–Crippen LogP) is 2.46. The molecule has 0 saturated heterocycles. The molecule has 0 saturated carbocycles. The number of anilines is 1. The molecule has 0 spiro atoms. The van der Waals surface area contributed by atoms with E-state index in [0.29, 0.717) is 0 Å². The molecule has 0 radical (unpaired) electrons. The standard InChI is InChI=1S/C12H24N4P/c1-14(2)17(15(3)4,16(5)6)13-12-10-8-7-9-11-12/h7-11,13H,1-6H3/q+1. The number of para-hydroxylation sites is 1. The van der Waals surface area contributed by atoms with Crippen LogP contribution < -0.4 is 5.09 Å².